The molecule has 0 fully saturated rings. The van der Waals surface area contributed by atoms with Crippen LogP contribution in [0.4, 0.5) is 10.5 Å². The van der Waals surface area contributed by atoms with Crippen molar-refractivity contribution in [1.82, 2.24) is 5.32 Å². The van der Waals surface area contributed by atoms with Crippen molar-refractivity contribution < 1.29 is 19.8 Å². The van der Waals surface area contributed by atoms with Gasteiger partial charge in [0.25, 0.3) is 0 Å². The largest absolute Gasteiger partial charge is 0.479 e. The number of aryl methyl sites for hydroxylation is 1. The average molecular weight is 317 g/mol. The molecule has 0 spiro atoms. The normalized spacial score (nSPS) is 11.7. The number of hydrogen-bond donors (Lipinski definition) is 4. The Morgan fingerprint density at radius 2 is 2.06 bits per heavy atom. The molecule has 4 N–H and O–H groups in total. The van der Waals surface area contributed by atoms with Gasteiger partial charge in [-0.05, 0) is 30.7 Å². The highest BCUT2D eigenvalue weighted by molar-refractivity contribution is 9.10. The minimum atomic E-state index is -1.61. The number of carbonyl (C=O) groups excluding carboxylic acids is 1. The monoisotopic (exact) mass is 316 g/mol. The van der Waals surface area contributed by atoms with Crippen LogP contribution in [0.2, 0.25) is 0 Å². The number of anilines is 1. The summed E-state index contributed by atoms with van der Waals surface area (Å²) < 4.78 is 0.823. The highest BCUT2D eigenvalue weighted by Gasteiger charge is 2.14. The zero-order valence-corrected chi connectivity index (χ0v) is 11.2. The van der Waals surface area contributed by atoms with E-state index in [1.165, 1.54) is 0 Å². The Morgan fingerprint density at radius 3 is 2.61 bits per heavy atom. The number of nitrogens with one attached hydrogen (secondary N) is 2. The van der Waals surface area contributed by atoms with Gasteiger partial charge in [-0.1, -0.05) is 15.9 Å². The van der Waals surface area contributed by atoms with E-state index in [2.05, 4.69) is 26.6 Å². The van der Waals surface area contributed by atoms with Gasteiger partial charge < -0.3 is 20.8 Å². The van der Waals surface area contributed by atoms with E-state index >= 15 is 0 Å². The van der Waals surface area contributed by atoms with E-state index in [0.717, 1.165) is 10.0 Å². The van der Waals surface area contributed by atoms with E-state index in [-0.39, 0.29) is 6.54 Å². The minimum absolute atomic E-state index is 0.353. The van der Waals surface area contributed by atoms with Crippen LogP contribution in [-0.2, 0) is 4.79 Å². The van der Waals surface area contributed by atoms with Crippen molar-refractivity contribution in [3.8, 4) is 0 Å². The van der Waals surface area contributed by atoms with E-state index in [4.69, 9.17) is 10.2 Å². The molecule has 0 unspecified atom stereocenters. The van der Waals surface area contributed by atoms with Gasteiger partial charge in [0.2, 0.25) is 0 Å². The first-order chi connectivity index (χ1) is 8.38. The Balaban J connectivity index is 2.52. The summed E-state index contributed by atoms with van der Waals surface area (Å²) in [5.74, 6) is -1.38. The molecular weight excluding hydrogens is 304 g/mol. The number of benzene rings is 1. The Labute approximate surface area is 112 Å². The predicted molar refractivity (Wildman–Crippen MR) is 69.5 cm³/mol. The van der Waals surface area contributed by atoms with Gasteiger partial charge in [0.05, 0.1) is 6.54 Å². The number of aliphatic hydroxyl groups excluding tert-OH is 1. The van der Waals surface area contributed by atoms with E-state index in [0.29, 0.717) is 5.69 Å². The lowest BCUT2D eigenvalue weighted by atomic mass is 10.2. The first-order valence-electron chi connectivity index (χ1n) is 5.11. The zero-order chi connectivity index (χ0) is 13.7. The number of hydrogen-bond acceptors (Lipinski definition) is 3. The molecule has 1 aromatic rings. The van der Waals surface area contributed by atoms with Crippen molar-refractivity contribution >= 4 is 33.6 Å². The molecule has 0 bridgehead atoms. The summed E-state index contributed by atoms with van der Waals surface area (Å²) in [6, 6.07) is 4.78. The zero-order valence-electron chi connectivity index (χ0n) is 9.61. The van der Waals surface area contributed by atoms with Crippen LogP contribution in [0.3, 0.4) is 0 Å². The van der Waals surface area contributed by atoms with Crippen LogP contribution >= 0.6 is 15.9 Å². The van der Waals surface area contributed by atoms with Crippen molar-refractivity contribution in [3.63, 3.8) is 0 Å². The van der Waals surface area contributed by atoms with Gasteiger partial charge in [-0.2, -0.15) is 0 Å². The second-order valence-corrected chi connectivity index (χ2v) is 4.62. The smallest absolute Gasteiger partial charge is 0.334 e. The molecule has 0 aliphatic carbocycles. The molecule has 1 aromatic carbocycles. The third kappa shape index (κ3) is 4.72. The van der Waals surface area contributed by atoms with Crippen molar-refractivity contribution in [1.29, 1.82) is 0 Å². The van der Waals surface area contributed by atoms with Gasteiger partial charge in [-0.25, -0.2) is 9.59 Å². The van der Waals surface area contributed by atoms with Crippen molar-refractivity contribution in [3.05, 3.63) is 28.2 Å². The number of carboxylic acid groups (broad SMARTS) is 1. The summed E-state index contributed by atoms with van der Waals surface area (Å²) in [7, 11) is 0. The number of urea groups is 1. The lowest BCUT2D eigenvalue weighted by Crippen LogP contribution is -2.38. The van der Waals surface area contributed by atoms with Crippen LogP contribution in [-0.4, -0.2) is 34.9 Å². The van der Waals surface area contributed by atoms with Crippen LogP contribution in [0.25, 0.3) is 0 Å². The number of carboxylic acids is 1. The van der Waals surface area contributed by atoms with Crippen LogP contribution in [0, 0.1) is 6.92 Å². The molecule has 2 amide bonds. The van der Waals surface area contributed by atoms with Gasteiger partial charge in [0, 0.05) is 10.2 Å². The Hall–Kier alpha value is -1.60. The molecule has 1 rings (SSSR count). The Morgan fingerprint density at radius 1 is 1.39 bits per heavy atom. The molecule has 0 saturated heterocycles. The van der Waals surface area contributed by atoms with Gasteiger partial charge in [0.1, 0.15) is 0 Å². The van der Waals surface area contributed by atoms with Gasteiger partial charge >= 0.3 is 12.0 Å². The van der Waals surface area contributed by atoms with Crippen LogP contribution in [0.15, 0.2) is 22.7 Å². The maximum atomic E-state index is 11.4. The van der Waals surface area contributed by atoms with Crippen molar-refractivity contribution in [2.45, 2.75) is 13.0 Å². The van der Waals surface area contributed by atoms with Crippen LogP contribution in [0.1, 0.15) is 5.56 Å². The molecule has 0 aromatic heterocycles. The van der Waals surface area contributed by atoms with Crippen molar-refractivity contribution in [2.24, 2.45) is 0 Å². The second kappa shape index (κ2) is 6.36. The number of halogens is 1. The number of carbonyl (C=O) groups is 2. The molecule has 18 heavy (non-hydrogen) atoms. The molecule has 0 aliphatic rings. The quantitative estimate of drug-likeness (QED) is 0.673. The lowest BCUT2D eigenvalue weighted by Gasteiger charge is -2.10. The summed E-state index contributed by atoms with van der Waals surface area (Å²) >= 11 is 3.29. The topological polar surface area (TPSA) is 98.7 Å². The predicted octanol–water partition coefficient (Wildman–Crippen LogP) is 1.32. The fourth-order valence-corrected chi connectivity index (χ4v) is 1.87. The molecule has 0 saturated carbocycles. The Kier molecular flexibility index (Phi) is 5.11. The number of rotatable bonds is 4. The highest BCUT2D eigenvalue weighted by atomic mass is 79.9. The van der Waals surface area contributed by atoms with Crippen LogP contribution < -0.4 is 10.6 Å². The van der Waals surface area contributed by atoms with E-state index in [1.807, 2.05) is 13.0 Å². The minimum Gasteiger partial charge on any atom is -0.479 e. The summed E-state index contributed by atoms with van der Waals surface area (Å²) in [5, 5.41) is 22.2. The fraction of sp³-hybridized carbons (Fsp3) is 0.273. The molecule has 7 heteroatoms. The van der Waals surface area contributed by atoms with Crippen molar-refractivity contribution in [2.75, 3.05) is 11.9 Å². The summed E-state index contributed by atoms with van der Waals surface area (Å²) in [6.07, 6.45) is -1.61. The molecular formula is C11H13BrN2O4. The van der Waals surface area contributed by atoms with Gasteiger partial charge in [-0.3, -0.25) is 0 Å². The first-order valence-corrected chi connectivity index (χ1v) is 5.90. The number of amides is 2. The van der Waals surface area contributed by atoms with Crippen LogP contribution in [0.5, 0.6) is 0 Å². The molecule has 0 aliphatic heterocycles. The third-order valence-corrected chi connectivity index (χ3v) is 2.50. The van der Waals surface area contributed by atoms with E-state index in [1.54, 1.807) is 12.1 Å². The van der Waals surface area contributed by atoms with Gasteiger partial charge in [-0.15, -0.1) is 0 Å². The van der Waals surface area contributed by atoms with E-state index < -0.39 is 18.1 Å². The number of aliphatic hydroxyl groups is 1. The van der Waals surface area contributed by atoms with Gasteiger partial charge in [0.15, 0.2) is 6.10 Å². The molecule has 0 radical (unpaired) electrons. The number of aliphatic carboxylic acids is 1. The molecule has 98 valence electrons. The van der Waals surface area contributed by atoms with E-state index in [9.17, 15) is 9.59 Å². The lowest BCUT2D eigenvalue weighted by molar-refractivity contribution is -0.146. The third-order valence-electron chi connectivity index (χ3n) is 2.04. The second-order valence-electron chi connectivity index (χ2n) is 3.71. The summed E-state index contributed by atoms with van der Waals surface area (Å²) in [6.45, 7) is 1.52. The highest BCUT2D eigenvalue weighted by Crippen LogP contribution is 2.18. The Bertz CT molecular complexity index is 444. The molecule has 6 nitrogen and oxygen atoms in total. The maximum absolute atomic E-state index is 11.4. The SMILES string of the molecule is Cc1cc(Br)cc(NC(=O)NC[C@H](O)C(=O)O)c1. The molecule has 1 atom stereocenters. The fourth-order valence-electron chi connectivity index (χ4n) is 1.26. The standard InChI is InChI=1S/C11H13BrN2O4/c1-6-2-7(12)4-8(3-6)14-11(18)13-5-9(15)10(16)17/h2-4,9,15H,5H2,1H3,(H,16,17)(H2,13,14,18)/t9-/m0/s1. The summed E-state index contributed by atoms with van der Waals surface area (Å²) in [5.41, 5.74) is 1.54. The average Bonchev–Trinajstić information content (AvgIpc) is 2.24. The first kappa shape index (κ1) is 14.5. The molecule has 0 heterocycles. The summed E-state index contributed by atoms with van der Waals surface area (Å²) in [4.78, 5) is 21.8. The maximum Gasteiger partial charge on any atom is 0.334 e.